The minimum Gasteiger partial charge on any atom is -0.395 e. The molecule has 8 heteroatoms. The van der Waals surface area contributed by atoms with Crippen LogP contribution >= 0.6 is 0 Å². The van der Waals surface area contributed by atoms with Crippen LogP contribution in [-0.2, 0) is 12.7 Å². The summed E-state index contributed by atoms with van der Waals surface area (Å²) in [4.78, 5) is 6.20. The van der Waals surface area contributed by atoms with Gasteiger partial charge < -0.3 is 9.63 Å². The van der Waals surface area contributed by atoms with Gasteiger partial charge in [-0.05, 0) is 31.5 Å². The third kappa shape index (κ3) is 3.53. The molecule has 0 aliphatic carbocycles. The van der Waals surface area contributed by atoms with E-state index in [0.717, 1.165) is 31.5 Å². The number of benzene rings is 1. The predicted molar refractivity (Wildman–Crippen MR) is 75.3 cm³/mol. The Labute approximate surface area is 130 Å². The highest BCUT2D eigenvalue weighted by atomic mass is 19.4. The number of aromatic nitrogens is 2. The molecule has 0 saturated carbocycles. The van der Waals surface area contributed by atoms with Gasteiger partial charge in [0.05, 0.1) is 18.7 Å². The quantitative estimate of drug-likeness (QED) is 0.935. The van der Waals surface area contributed by atoms with E-state index in [1.807, 2.05) is 4.90 Å². The van der Waals surface area contributed by atoms with Gasteiger partial charge in [-0.2, -0.15) is 18.2 Å². The first-order valence-corrected chi connectivity index (χ1v) is 7.32. The van der Waals surface area contributed by atoms with Crippen molar-refractivity contribution in [3.63, 3.8) is 0 Å². The second kappa shape index (κ2) is 6.29. The maximum Gasteiger partial charge on any atom is 0.416 e. The van der Waals surface area contributed by atoms with E-state index < -0.39 is 11.7 Å². The van der Waals surface area contributed by atoms with Crippen molar-refractivity contribution in [2.24, 2.45) is 0 Å². The summed E-state index contributed by atoms with van der Waals surface area (Å²) in [6.07, 6.45) is -2.52. The fourth-order valence-corrected chi connectivity index (χ4v) is 2.75. The summed E-state index contributed by atoms with van der Waals surface area (Å²) in [6.45, 7) is 1.28. The zero-order valence-electron chi connectivity index (χ0n) is 12.3. The Morgan fingerprint density at radius 3 is 2.91 bits per heavy atom. The number of halogens is 3. The lowest BCUT2D eigenvalue weighted by Gasteiger charge is -2.20. The van der Waals surface area contributed by atoms with Crippen molar-refractivity contribution in [1.82, 2.24) is 15.0 Å². The number of nitrogens with zero attached hydrogens (tertiary/aromatic N) is 3. The van der Waals surface area contributed by atoms with Gasteiger partial charge in [-0.25, -0.2) is 0 Å². The van der Waals surface area contributed by atoms with E-state index in [1.54, 1.807) is 0 Å². The summed E-state index contributed by atoms with van der Waals surface area (Å²) < 4.78 is 43.4. The van der Waals surface area contributed by atoms with Crippen molar-refractivity contribution < 1.29 is 22.8 Å². The maximum absolute atomic E-state index is 12.7. The lowest BCUT2D eigenvalue weighted by atomic mass is 10.1. The SMILES string of the molecule is OC[C@@H]1CCCN1Cc1nc(-c2cccc(C(F)(F)F)c2)no1. The number of rotatable bonds is 4. The average Bonchev–Trinajstić information content (AvgIpc) is 3.16. The number of hydrogen-bond acceptors (Lipinski definition) is 5. The standard InChI is InChI=1S/C15H16F3N3O2/c16-15(17,18)11-4-1-3-10(7-11)14-19-13(23-20-14)8-21-6-2-5-12(21)9-22/h1,3-4,7,12,22H,2,5-6,8-9H2/t12-/m0/s1. The fourth-order valence-electron chi connectivity index (χ4n) is 2.75. The van der Waals surface area contributed by atoms with Crippen LogP contribution in [0.1, 0.15) is 24.3 Å². The summed E-state index contributed by atoms with van der Waals surface area (Å²) in [5, 5.41) is 13.0. The zero-order valence-corrected chi connectivity index (χ0v) is 12.3. The third-order valence-corrected chi connectivity index (χ3v) is 3.96. The average molecular weight is 327 g/mol. The van der Waals surface area contributed by atoms with Gasteiger partial charge in [0, 0.05) is 11.6 Å². The number of hydrogen-bond donors (Lipinski definition) is 1. The molecule has 0 spiro atoms. The number of aliphatic hydroxyl groups is 1. The van der Waals surface area contributed by atoms with Gasteiger partial charge in [-0.1, -0.05) is 17.3 Å². The first-order valence-electron chi connectivity index (χ1n) is 7.32. The second-order valence-electron chi connectivity index (χ2n) is 5.54. The molecule has 1 aliphatic rings. The van der Waals surface area contributed by atoms with E-state index in [2.05, 4.69) is 10.1 Å². The van der Waals surface area contributed by atoms with Crippen LogP contribution in [-0.4, -0.2) is 39.3 Å². The van der Waals surface area contributed by atoms with E-state index in [9.17, 15) is 18.3 Å². The molecule has 0 unspecified atom stereocenters. The van der Waals surface area contributed by atoms with Gasteiger partial charge in [0.15, 0.2) is 0 Å². The van der Waals surface area contributed by atoms with Crippen LogP contribution in [0.5, 0.6) is 0 Å². The molecule has 0 amide bonds. The maximum atomic E-state index is 12.7. The van der Waals surface area contributed by atoms with Crippen molar-refractivity contribution in [3.8, 4) is 11.4 Å². The molecule has 23 heavy (non-hydrogen) atoms. The highest BCUT2D eigenvalue weighted by Gasteiger charge is 2.31. The van der Waals surface area contributed by atoms with Crippen molar-refractivity contribution in [1.29, 1.82) is 0 Å². The van der Waals surface area contributed by atoms with E-state index in [4.69, 9.17) is 4.52 Å². The molecule has 3 rings (SSSR count). The first-order chi connectivity index (χ1) is 11.0. The van der Waals surface area contributed by atoms with Crippen molar-refractivity contribution >= 4 is 0 Å². The minimum absolute atomic E-state index is 0.0641. The molecule has 1 aromatic heterocycles. The largest absolute Gasteiger partial charge is 0.416 e. The monoisotopic (exact) mass is 327 g/mol. The molecule has 1 N–H and O–H groups in total. The smallest absolute Gasteiger partial charge is 0.395 e. The molecule has 1 saturated heterocycles. The third-order valence-electron chi connectivity index (χ3n) is 3.96. The lowest BCUT2D eigenvalue weighted by Crippen LogP contribution is -2.31. The normalized spacial score (nSPS) is 19.4. The fraction of sp³-hybridized carbons (Fsp3) is 0.467. The summed E-state index contributed by atoms with van der Waals surface area (Å²) in [7, 11) is 0. The zero-order chi connectivity index (χ0) is 16.4. The molecule has 1 aliphatic heterocycles. The molecule has 124 valence electrons. The van der Waals surface area contributed by atoms with Gasteiger partial charge in [0.1, 0.15) is 0 Å². The molecule has 5 nitrogen and oxygen atoms in total. The van der Waals surface area contributed by atoms with Crippen LogP contribution in [0.15, 0.2) is 28.8 Å². The molecule has 1 aromatic carbocycles. The Balaban J connectivity index is 1.77. The summed E-state index contributed by atoms with van der Waals surface area (Å²) >= 11 is 0. The molecule has 1 fully saturated rings. The lowest BCUT2D eigenvalue weighted by molar-refractivity contribution is -0.137. The van der Waals surface area contributed by atoms with E-state index in [1.165, 1.54) is 12.1 Å². The van der Waals surface area contributed by atoms with Crippen molar-refractivity contribution in [2.75, 3.05) is 13.2 Å². The van der Waals surface area contributed by atoms with Crippen LogP contribution in [0.4, 0.5) is 13.2 Å². The highest BCUT2D eigenvalue weighted by molar-refractivity contribution is 5.55. The van der Waals surface area contributed by atoms with E-state index in [0.29, 0.717) is 12.4 Å². The minimum atomic E-state index is -4.41. The van der Waals surface area contributed by atoms with Crippen molar-refractivity contribution in [2.45, 2.75) is 31.6 Å². The summed E-state index contributed by atoms with van der Waals surface area (Å²) in [6, 6.07) is 4.90. The molecular weight excluding hydrogens is 311 g/mol. The topological polar surface area (TPSA) is 62.4 Å². The molecular formula is C15H16F3N3O2. The molecule has 0 radical (unpaired) electrons. The van der Waals surface area contributed by atoms with Gasteiger partial charge >= 0.3 is 6.18 Å². The Morgan fingerprint density at radius 2 is 2.17 bits per heavy atom. The van der Waals surface area contributed by atoms with E-state index in [-0.39, 0.29) is 24.0 Å². The van der Waals surface area contributed by atoms with Gasteiger partial charge in [0.2, 0.25) is 11.7 Å². The number of alkyl halides is 3. The first kappa shape index (κ1) is 15.9. The molecule has 0 bridgehead atoms. The van der Waals surface area contributed by atoms with Crippen LogP contribution in [0.2, 0.25) is 0 Å². The van der Waals surface area contributed by atoms with E-state index >= 15 is 0 Å². The number of likely N-dealkylation sites (tertiary alicyclic amines) is 1. The van der Waals surface area contributed by atoms with Crippen LogP contribution < -0.4 is 0 Å². The summed E-state index contributed by atoms with van der Waals surface area (Å²) in [5.41, 5.74) is -0.490. The van der Waals surface area contributed by atoms with Gasteiger partial charge in [-0.15, -0.1) is 0 Å². The van der Waals surface area contributed by atoms with Crippen LogP contribution in [0, 0.1) is 0 Å². The molecule has 2 heterocycles. The Hall–Kier alpha value is -1.93. The molecule has 2 aromatic rings. The van der Waals surface area contributed by atoms with Crippen molar-refractivity contribution in [3.05, 3.63) is 35.7 Å². The van der Waals surface area contributed by atoms with Crippen LogP contribution in [0.25, 0.3) is 11.4 Å². The molecule has 1 atom stereocenters. The highest BCUT2D eigenvalue weighted by Crippen LogP contribution is 2.31. The van der Waals surface area contributed by atoms with Crippen LogP contribution in [0.3, 0.4) is 0 Å². The Bertz CT molecular complexity index is 672. The number of aliphatic hydroxyl groups excluding tert-OH is 1. The second-order valence-corrected chi connectivity index (χ2v) is 5.54. The Kier molecular flexibility index (Phi) is 4.36. The summed E-state index contributed by atoms with van der Waals surface area (Å²) in [5.74, 6) is 0.462. The van der Waals surface area contributed by atoms with Gasteiger partial charge in [0.25, 0.3) is 0 Å². The predicted octanol–water partition coefficient (Wildman–Crippen LogP) is 2.71. The Morgan fingerprint density at radius 1 is 1.35 bits per heavy atom. The van der Waals surface area contributed by atoms with Gasteiger partial charge in [-0.3, -0.25) is 4.90 Å².